The quantitative estimate of drug-likeness (QED) is 0.911. The minimum atomic E-state index is -0.241. The fourth-order valence-corrected chi connectivity index (χ4v) is 2.50. The molecule has 19 heavy (non-hydrogen) atoms. The Bertz CT molecular complexity index is 553. The van der Waals surface area contributed by atoms with Gasteiger partial charge in [0.15, 0.2) is 0 Å². The first kappa shape index (κ1) is 14.2. The molecule has 3 nitrogen and oxygen atoms in total. The first-order valence-corrected chi connectivity index (χ1v) is 7.10. The van der Waals surface area contributed by atoms with Gasteiger partial charge in [-0.05, 0) is 25.6 Å². The van der Waals surface area contributed by atoms with Crippen LogP contribution in [0.4, 0.5) is 4.39 Å². The standard InChI is InChI=1S/C14H17BrFN3/c1-3-7-19-8-6-18-14(19)13(17-2)11-5-4-10(15)9-12(11)16/h4-6,8-9,13,17H,3,7H2,1-2H3. The van der Waals surface area contributed by atoms with Crippen LogP contribution >= 0.6 is 15.9 Å². The van der Waals surface area contributed by atoms with Gasteiger partial charge in [0, 0.05) is 29.0 Å². The Morgan fingerprint density at radius 1 is 1.47 bits per heavy atom. The molecule has 5 heteroatoms. The van der Waals surface area contributed by atoms with Gasteiger partial charge >= 0.3 is 0 Å². The fraction of sp³-hybridized carbons (Fsp3) is 0.357. The molecule has 0 saturated carbocycles. The van der Waals surface area contributed by atoms with E-state index in [-0.39, 0.29) is 11.9 Å². The summed E-state index contributed by atoms with van der Waals surface area (Å²) in [7, 11) is 1.82. The van der Waals surface area contributed by atoms with Gasteiger partial charge in [-0.15, -0.1) is 0 Å². The zero-order valence-electron chi connectivity index (χ0n) is 11.0. The summed E-state index contributed by atoms with van der Waals surface area (Å²) in [5.74, 6) is 0.602. The number of hydrogen-bond donors (Lipinski definition) is 1. The highest BCUT2D eigenvalue weighted by Crippen LogP contribution is 2.25. The van der Waals surface area contributed by atoms with E-state index in [9.17, 15) is 4.39 Å². The molecular formula is C14H17BrFN3. The summed E-state index contributed by atoms with van der Waals surface area (Å²) in [6.45, 7) is 2.99. The Hall–Kier alpha value is -1.20. The van der Waals surface area contributed by atoms with Crippen LogP contribution in [-0.2, 0) is 6.54 Å². The second kappa shape index (κ2) is 6.30. The molecule has 2 aromatic rings. The molecule has 102 valence electrons. The van der Waals surface area contributed by atoms with Gasteiger partial charge in [0.2, 0.25) is 0 Å². The van der Waals surface area contributed by atoms with Crippen LogP contribution in [0.2, 0.25) is 0 Å². The third-order valence-electron chi connectivity index (χ3n) is 3.03. The van der Waals surface area contributed by atoms with Crippen molar-refractivity contribution in [2.24, 2.45) is 0 Å². The number of benzene rings is 1. The van der Waals surface area contributed by atoms with Crippen molar-refractivity contribution < 1.29 is 4.39 Å². The molecule has 0 bridgehead atoms. The molecule has 0 fully saturated rings. The van der Waals surface area contributed by atoms with Gasteiger partial charge in [0.25, 0.3) is 0 Å². The summed E-state index contributed by atoms with van der Waals surface area (Å²) in [6.07, 6.45) is 4.70. The molecule has 2 rings (SSSR count). The summed E-state index contributed by atoms with van der Waals surface area (Å²) < 4.78 is 16.9. The number of nitrogens with zero attached hydrogens (tertiary/aromatic N) is 2. The van der Waals surface area contributed by atoms with E-state index >= 15 is 0 Å². The van der Waals surface area contributed by atoms with Crippen molar-refractivity contribution in [3.05, 3.63) is 52.3 Å². The van der Waals surface area contributed by atoms with Crippen LogP contribution < -0.4 is 5.32 Å². The highest BCUT2D eigenvalue weighted by Gasteiger charge is 2.20. The number of rotatable bonds is 5. The maximum Gasteiger partial charge on any atom is 0.130 e. The summed E-state index contributed by atoms with van der Waals surface area (Å²) in [5, 5.41) is 3.14. The van der Waals surface area contributed by atoms with Gasteiger partial charge in [0.05, 0.1) is 6.04 Å². The van der Waals surface area contributed by atoms with E-state index in [1.807, 2.05) is 19.3 Å². The molecule has 0 radical (unpaired) electrons. The number of imidazole rings is 1. The predicted molar refractivity (Wildman–Crippen MR) is 77.5 cm³/mol. The maximum atomic E-state index is 14.1. The molecule has 0 aliphatic carbocycles. The Labute approximate surface area is 121 Å². The maximum absolute atomic E-state index is 14.1. The first-order valence-electron chi connectivity index (χ1n) is 6.30. The SMILES string of the molecule is CCCn1ccnc1C(NC)c1ccc(Br)cc1F. The minimum Gasteiger partial charge on any atom is -0.333 e. The van der Waals surface area contributed by atoms with Crippen LogP contribution in [0.1, 0.15) is 30.8 Å². The van der Waals surface area contributed by atoms with Gasteiger partial charge in [-0.3, -0.25) is 0 Å². The highest BCUT2D eigenvalue weighted by molar-refractivity contribution is 9.10. The average Bonchev–Trinajstić information content (AvgIpc) is 2.82. The molecule has 0 amide bonds. The highest BCUT2D eigenvalue weighted by atomic mass is 79.9. The Morgan fingerprint density at radius 3 is 2.89 bits per heavy atom. The topological polar surface area (TPSA) is 29.9 Å². The number of nitrogens with one attached hydrogen (secondary N) is 1. The zero-order chi connectivity index (χ0) is 13.8. The minimum absolute atomic E-state index is 0.236. The number of hydrogen-bond acceptors (Lipinski definition) is 2. The van der Waals surface area contributed by atoms with Crippen LogP contribution in [0.3, 0.4) is 0 Å². The predicted octanol–water partition coefficient (Wildman–Crippen LogP) is 3.50. The van der Waals surface area contributed by atoms with Crippen molar-refractivity contribution in [3.63, 3.8) is 0 Å². The van der Waals surface area contributed by atoms with Crippen molar-refractivity contribution in [1.82, 2.24) is 14.9 Å². The van der Waals surface area contributed by atoms with Crippen LogP contribution in [0.25, 0.3) is 0 Å². The van der Waals surface area contributed by atoms with Gasteiger partial charge in [0.1, 0.15) is 11.6 Å². The van der Waals surface area contributed by atoms with Crippen LogP contribution in [0.15, 0.2) is 35.1 Å². The van der Waals surface area contributed by atoms with E-state index in [2.05, 4.69) is 37.7 Å². The lowest BCUT2D eigenvalue weighted by Crippen LogP contribution is -2.23. The average molecular weight is 326 g/mol. The lowest BCUT2D eigenvalue weighted by molar-refractivity contribution is 0.533. The van der Waals surface area contributed by atoms with Gasteiger partial charge in [-0.2, -0.15) is 0 Å². The first-order chi connectivity index (χ1) is 9.17. The van der Waals surface area contributed by atoms with Crippen molar-refractivity contribution in [2.75, 3.05) is 7.05 Å². The van der Waals surface area contributed by atoms with E-state index in [4.69, 9.17) is 0 Å². The molecule has 1 atom stereocenters. The fourth-order valence-electron chi connectivity index (χ4n) is 2.17. The lowest BCUT2D eigenvalue weighted by Gasteiger charge is -2.18. The Morgan fingerprint density at radius 2 is 2.26 bits per heavy atom. The molecule has 0 saturated heterocycles. The Kier molecular flexibility index (Phi) is 4.71. The van der Waals surface area contributed by atoms with E-state index in [0.29, 0.717) is 5.56 Å². The van der Waals surface area contributed by atoms with E-state index in [1.165, 1.54) is 6.07 Å². The number of aromatic nitrogens is 2. The van der Waals surface area contributed by atoms with Crippen molar-refractivity contribution in [3.8, 4) is 0 Å². The molecular weight excluding hydrogens is 309 g/mol. The molecule has 1 unspecified atom stereocenters. The second-order valence-electron chi connectivity index (χ2n) is 4.37. The van der Waals surface area contributed by atoms with Gasteiger partial charge in [-0.25, -0.2) is 9.37 Å². The van der Waals surface area contributed by atoms with Crippen LogP contribution in [0, 0.1) is 5.82 Å². The molecule has 0 aliphatic heterocycles. The lowest BCUT2D eigenvalue weighted by atomic mass is 10.1. The normalized spacial score (nSPS) is 12.6. The third-order valence-corrected chi connectivity index (χ3v) is 3.53. The molecule has 1 aromatic heterocycles. The van der Waals surface area contributed by atoms with Gasteiger partial charge in [-0.1, -0.05) is 28.9 Å². The number of halogens is 2. The van der Waals surface area contributed by atoms with E-state index in [0.717, 1.165) is 23.3 Å². The number of aryl methyl sites for hydroxylation is 1. The van der Waals surface area contributed by atoms with Gasteiger partial charge < -0.3 is 9.88 Å². The smallest absolute Gasteiger partial charge is 0.130 e. The molecule has 0 aliphatic rings. The summed E-state index contributed by atoms with van der Waals surface area (Å²) in [4.78, 5) is 4.37. The second-order valence-corrected chi connectivity index (χ2v) is 5.28. The van der Waals surface area contributed by atoms with E-state index in [1.54, 1.807) is 12.3 Å². The monoisotopic (exact) mass is 325 g/mol. The largest absolute Gasteiger partial charge is 0.333 e. The van der Waals surface area contributed by atoms with Crippen LogP contribution in [-0.4, -0.2) is 16.6 Å². The van der Waals surface area contributed by atoms with Crippen molar-refractivity contribution >= 4 is 15.9 Å². The van der Waals surface area contributed by atoms with Crippen LogP contribution in [0.5, 0.6) is 0 Å². The Balaban J connectivity index is 2.41. The third kappa shape index (κ3) is 3.04. The summed E-state index contributed by atoms with van der Waals surface area (Å²) in [5.41, 5.74) is 0.606. The summed E-state index contributed by atoms with van der Waals surface area (Å²) >= 11 is 3.27. The molecule has 0 spiro atoms. The molecule has 1 N–H and O–H groups in total. The van der Waals surface area contributed by atoms with Crippen molar-refractivity contribution in [2.45, 2.75) is 25.9 Å². The van der Waals surface area contributed by atoms with E-state index < -0.39 is 0 Å². The zero-order valence-corrected chi connectivity index (χ0v) is 12.6. The molecule has 1 heterocycles. The van der Waals surface area contributed by atoms with Crippen molar-refractivity contribution in [1.29, 1.82) is 0 Å². The summed E-state index contributed by atoms with van der Waals surface area (Å²) in [6, 6.07) is 4.86. The molecule has 1 aromatic carbocycles.